The van der Waals surface area contributed by atoms with Crippen molar-refractivity contribution in [2.75, 3.05) is 13.1 Å². The fourth-order valence-corrected chi connectivity index (χ4v) is 4.11. The van der Waals surface area contributed by atoms with Gasteiger partial charge in [0.25, 0.3) is 0 Å². The maximum absolute atomic E-state index is 12.6. The van der Waals surface area contributed by atoms with E-state index in [1.807, 2.05) is 13.8 Å². The maximum atomic E-state index is 12.6. The minimum absolute atomic E-state index is 0.00886. The summed E-state index contributed by atoms with van der Waals surface area (Å²) < 4.78 is 42.8. The molecule has 0 amide bonds. The molecule has 0 radical (unpaired) electrons. The van der Waals surface area contributed by atoms with Gasteiger partial charge in [0, 0.05) is 24.9 Å². The Morgan fingerprint density at radius 2 is 2.12 bits per heavy atom. The number of oxime groups is 1. The third-order valence-corrected chi connectivity index (χ3v) is 5.34. The average Bonchev–Trinajstić information content (AvgIpc) is 2.73. The van der Waals surface area contributed by atoms with Crippen LogP contribution in [0, 0.1) is 23.7 Å². The molecule has 0 aromatic heterocycles. The first-order valence-electron chi connectivity index (χ1n) is 8.26. The SMILES string of the molecule is CC(C)CC1C(C2C3CNCC32OC(=O)C(F)(F)F)=NOC1(C)C. The number of ether oxygens (including phenoxy) is 1. The van der Waals surface area contributed by atoms with Crippen LogP contribution in [0.3, 0.4) is 0 Å². The smallest absolute Gasteiger partial charge is 0.450 e. The first-order chi connectivity index (χ1) is 11.0. The lowest BCUT2D eigenvalue weighted by Crippen LogP contribution is -2.40. The molecule has 0 spiro atoms. The van der Waals surface area contributed by atoms with E-state index < -0.39 is 23.3 Å². The molecule has 24 heavy (non-hydrogen) atoms. The lowest BCUT2D eigenvalue weighted by atomic mass is 9.79. The molecule has 0 bridgehead atoms. The van der Waals surface area contributed by atoms with E-state index in [-0.39, 0.29) is 24.3 Å². The van der Waals surface area contributed by atoms with Crippen LogP contribution in [0.25, 0.3) is 0 Å². The minimum atomic E-state index is -4.99. The quantitative estimate of drug-likeness (QED) is 0.793. The number of nitrogens with one attached hydrogen (secondary N) is 1. The van der Waals surface area contributed by atoms with Gasteiger partial charge in [0.05, 0.1) is 11.6 Å². The molecule has 3 aliphatic rings. The van der Waals surface area contributed by atoms with Crippen molar-refractivity contribution in [3.8, 4) is 0 Å². The van der Waals surface area contributed by atoms with Crippen molar-refractivity contribution in [2.24, 2.45) is 28.8 Å². The Hall–Kier alpha value is -1.31. The van der Waals surface area contributed by atoms with E-state index in [9.17, 15) is 18.0 Å². The van der Waals surface area contributed by atoms with Gasteiger partial charge in [0.15, 0.2) is 0 Å². The second-order valence-electron chi connectivity index (χ2n) is 7.95. The molecule has 1 saturated heterocycles. The third-order valence-electron chi connectivity index (χ3n) is 5.34. The molecule has 4 unspecified atom stereocenters. The second-order valence-corrected chi connectivity index (χ2v) is 7.95. The van der Waals surface area contributed by atoms with E-state index in [0.29, 0.717) is 12.5 Å². The monoisotopic (exact) mass is 348 g/mol. The molecule has 1 N–H and O–H groups in total. The predicted octanol–water partition coefficient (Wildman–Crippen LogP) is 2.51. The minimum Gasteiger partial charge on any atom is -0.450 e. The van der Waals surface area contributed by atoms with E-state index in [0.717, 1.165) is 12.1 Å². The normalized spacial score (nSPS) is 37.0. The Morgan fingerprint density at radius 1 is 1.46 bits per heavy atom. The van der Waals surface area contributed by atoms with Crippen LogP contribution in [-0.4, -0.2) is 42.1 Å². The molecule has 4 atom stereocenters. The van der Waals surface area contributed by atoms with Gasteiger partial charge < -0.3 is 14.9 Å². The van der Waals surface area contributed by atoms with Crippen molar-refractivity contribution in [1.29, 1.82) is 0 Å². The van der Waals surface area contributed by atoms with E-state index in [1.54, 1.807) is 0 Å². The summed E-state index contributed by atoms with van der Waals surface area (Å²) >= 11 is 0. The molecule has 1 aliphatic carbocycles. The molecular formula is C16H23F3N2O3. The molecular weight excluding hydrogens is 325 g/mol. The Kier molecular flexibility index (Phi) is 3.90. The number of esters is 1. The largest absolute Gasteiger partial charge is 0.490 e. The fourth-order valence-electron chi connectivity index (χ4n) is 4.11. The van der Waals surface area contributed by atoms with Crippen LogP contribution in [0.2, 0.25) is 0 Å². The number of rotatable bonds is 4. The number of carbonyl (C=O) groups is 1. The molecule has 2 fully saturated rings. The van der Waals surface area contributed by atoms with Crippen molar-refractivity contribution in [1.82, 2.24) is 5.32 Å². The number of alkyl halides is 3. The van der Waals surface area contributed by atoms with Crippen LogP contribution in [0.1, 0.15) is 34.1 Å². The standard InChI is InChI=1S/C16H23F3N2O3/c1-8(2)5-9-12(21-24-14(9,3)4)11-10-6-20-7-15(10,11)23-13(22)16(17,18)19/h8-11,20H,5-7H2,1-4H3. The summed E-state index contributed by atoms with van der Waals surface area (Å²) in [6, 6.07) is 0. The van der Waals surface area contributed by atoms with E-state index in [2.05, 4.69) is 24.3 Å². The van der Waals surface area contributed by atoms with E-state index in [1.165, 1.54) is 0 Å². The van der Waals surface area contributed by atoms with Crippen molar-refractivity contribution < 1.29 is 27.5 Å². The van der Waals surface area contributed by atoms with Crippen LogP contribution in [0.5, 0.6) is 0 Å². The zero-order chi connectivity index (χ0) is 17.9. The van der Waals surface area contributed by atoms with Gasteiger partial charge in [-0.2, -0.15) is 13.2 Å². The summed E-state index contributed by atoms with van der Waals surface area (Å²) in [6.07, 6.45) is -4.16. The summed E-state index contributed by atoms with van der Waals surface area (Å²) in [4.78, 5) is 16.9. The van der Waals surface area contributed by atoms with Crippen LogP contribution >= 0.6 is 0 Å². The predicted molar refractivity (Wildman–Crippen MR) is 80.3 cm³/mol. The van der Waals surface area contributed by atoms with Crippen LogP contribution in [-0.2, 0) is 14.4 Å². The van der Waals surface area contributed by atoms with Crippen LogP contribution in [0.15, 0.2) is 5.16 Å². The topological polar surface area (TPSA) is 59.9 Å². The molecule has 5 nitrogen and oxygen atoms in total. The Labute approximate surface area is 138 Å². The molecule has 1 saturated carbocycles. The molecule has 0 aromatic carbocycles. The van der Waals surface area contributed by atoms with Crippen molar-refractivity contribution >= 4 is 11.7 Å². The van der Waals surface area contributed by atoms with Crippen molar-refractivity contribution in [2.45, 2.75) is 51.5 Å². The third kappa shape index (κ3) is 2.68. The number of carbonyl (C=O) groups excluding carboxylic acids is 1. The van der Waals surface area contributed by atoms with Crippen LogP contribution < -0.4 is 5.32 Å². The number of nitrogens with zero attached hydrogens (tertiary/aromatic N) is 1. The van der Waals surface area contributed by atoms with Gasteiger partial charge >= 0.3 is 12.1 Å². The summed E-state index contributed by atoms with van der Waals surface area (Å²) in [6.45, 7) is 8.77. The highest BCUT2D eigenvalue weighted by atomic mass is 19.4. The number of halogens is 3. The van der Waals surface area contributed by atoms with Gasteiger partial charge in [-0.1, -0.05) is 19.0 Å². The van der Waals surface area contributed by atoms with Gasteiger partial charge in [-0.05, 0) is 26.2 Å². The highest BCUT2D eigenvalue weighted by Crippen LogP contribution is 2.60. The van der Waals surface area contributed by atoms with E-state index >= 15 is 0 Å². The zero-order valence-corrected chi connectivity index (χ0v) is 14.2. The summed E-state index contributed by atoms with van der Waals surface area (Å²) in [5.41, 5.74) is -0.890. The van der Waals surface area contributed by atoms with Gasteiger partial charge in [0.1, 0.15) is 11.2 Å². The summed E-state index contributed by atoms with van der Waals surface area (Å²) in [7, 11) is 0. The molecule has 0 aromatic rings. The fraction of sp³-hybridized carbons (Fsp3) is 0.875. The van der Waals surface area contributed by atoms with Gasteiger partial charge in [0.2, 0.25) is 0 Å². The van der Waals surface area contributed by atoms with Gasteiger partial charge in [-0.25, -0.2) is 4.79 Å². The Bertz CT molecular complexity index is 573. The van der Waals surface area contributed by atoms with Gasteiger partial charge in [-0.15, -0.1) is 0 Å². The first kappa shape index (κ1) is 17.5. The summed E-state index contributed by atoms with van der Waals surface area (Å²) in [5.74, 6) is -2.19. The van der Waals surface area contributed by atoms with Crippen molar-refractivity contribution in [3.05, 3.63) is 0 Å². The molecule has 2 aliphatic heterocycles. The lowest BCUT2D eigenvalue weighted by Gasteiger charge is -2.27. The van der Waals surface area contributed by atoms with E-state index in [4.69, 9.17) is 9.57 Å². The highest BCUT2D eigenvalue weighted by Gasteiger charge is 2.75. The number of fused-ring (bicyclic) bond motifs is 1. The molecule has 136 valence electrons. The molecule has 3 rings (SSSR count). The maximum Gasteiger partial charge on any atom is 0.490 e. The average molecular weight is 348 g/mol. The van der Waals surface area contributed by atoms with Crippen molar-refractivity contribution in [3.63, 3.8) is 0 Å². The van der Waals surface area contributed by atoms with Crippen LogP contribution in [0.4, 0.5) is 13.2 Å². The lowest BCUT2D eigenvalue weighted by molar-refractivity contribution is -0.207. The molecule has 2 heterocycles. The second kappa shape index (κ2) is 5.34. The Balaban J connectivity index is 1.81. The number of hydrogen-bond donors (Lipinski definition) is 1. The zero-order valence-electron chi connectivity index (χ0n) is 14.2. The summed E-state index contributed by atoms with van der Waals surface area (Å²) in [5, 5.41) is 7.21. The van der Waals surface area contributed by atoms with Gasteiger partial charge in [-0.3, -0.25) is 0 Å². The molecule has 8 heteroatoms. The Morgan fingerprint density at radius 3 is 2.71 bits per heavy atom. The highest BCUT2D eigenvalue weighted by molar-refractivity contribution is 5.95. The number of hydrogen-bond acceptors (Lipinski definition) is 5. The first-order valence-corrected chi connectivity index (χ1v) is 8.26. The number of piperidine rings is 1.